The molecule has 1 N–H and O–H groups in total. The Bertz CT molecular complexity index is 452. The number of rotatable bonds is 5. The highest BCUT2D eigenvalue weighted by molar-refractivity contribution is 5.73. The van der Waals surface area contributed by atoms with Crippen LogP contribution in [0.2, 0.25) is 0 Å². The van der Waals surface area contributed by atoms with Gasteiger partial charge < -0.3 is 10.0 Å². The number of nitriles is 1. The predicted octanol–water partition coefficient (Wildman–Crippen LogP) is 1.56. The van der Waals surface area contributed by atoms with Gasteiger partial charge in [0, 0.05) is 6.54 Å². The molecule has 0 radical (unpaired) electrons. The van der Waals surface area contributed by atoms with Gasteiger partial charge in [-0.25, -0.2) is 4.98 Å². The highest BCUT2D eigenvalue weighted by atomic mass is 16.4. The number of nitrogens with zero attached hydrogens (tertiary/aromatic N) is 3. The molecule has 90 valence electrons. The van der Waals surface area contributed by atoms with E-state index in [0.717, 1.165) is 12.0 Å². The van der Waals surface area contributed by atoms with Gasteiger partial charge in [-0.2, -0.15) is 5.26 Å². The summed E-state index contributed by atoms with van der Waals surface area (Å²) in [6, 6.07) is 5.53. The maximum atomic E-state index is 10.7. The van der Waals surface area contributed by atoms with Crippen molar-refractivity contribution in [1.29, 1.82) is 5.26 Å². The molecule has 0 bridgehead atoms. The van der Waals surface area contributed by atoms with Gasteiger partial charge in [0.2, 0.25) is 0 Å². The van der Waals surface area contributed by atoms with Gasteiger partial charge in [-0.3, -0.25) is 4.79 Å². The average molecular weight is 233 g/mol. The zero-order chi connectivity index (χ0) is 12.8. The van der Waals surface area contributed by atoms with E-state index in [0.29, 0.717) is 18.1 Å². The van der Waals surface area contributed by atoms with E-state index in [9.17, 15) is 4.79 Å². The first-order valence-corrected chi connectivity index (χ1v) is 5.43. The minimum atomic E-state index is -0.903. The molecule has 0 spiro atoms. The molecule has 0 atom stereocenters. The number of aryl methyl sites for hydroxylation is 1. The monoisotopic (exact) mass is 233 g/mol. The van der Waals surface area contributed by atoms with Crippen LogP contribution < -0.4 is 4.90 Å². The summed E-state index contributed by atoms with van der Waals surface area (Å²) in [5.74, 6) is -0.365. The van der Waals surface area contributed by atoms with Crippen LogP contribution >= 0.6 is 0 Å². The second-order valence-electron chi connectivity index (χ2n) is 3.76. The van der Waals surface area contributed by atoms with Gasteiger partial charge in [0.05, 0.1) is 0 Å². The zero-order valence-electron chi connectivity index (χ0n) is 9.97. The van der Waals surface area contributed by atoms with Crippen LogP contribution in [0.15, 0.2) is 12.1 Å². The lowest BCUT2D eigenvalue weighted by atomic mass is 10.2. The van der Waals surface area contributed by atoms with Gasteiger partial charge in [0.25, 0.3) is 0 Å². The van der Waals surface area contributed by atoms with Gasteiger partial charge in [-0.15, -0.1) is 0 Å². The summed E-state index contributed by atoms with van der Waals surface area (Å²) < 4.78 is 0. The van der Waals surface area contributed by atoms with E-state index in [1.807, 2.05) is 13.0 Å². The summed E-state index contributed by atoms with van der Waals surface area (Å²) >= 11 is 0. The van der Waals surface area contributed by atoms with Crippen molar-refractivity contribution < 1.29 is 9.90 Å². The first-order valence-electron chi connectivity index (χ1n) is 5.43. The van der Waals surface area contributed by atoms with E-state index in [1.165, 1.54) is 0 Å². The molecule has 0 saturated carbocycles. The van der Waals surface area contributed by atoms with Crippen LogP contribution in [0.4, 0.5) is 5.82 Å². The van der Waals surface area contributed by atoms with Crippen molar-refractivity contribution in [2.75, 3.05) is 18.0 Å². The fourth-order valence-corrected chi connectivity index (χ4v) is 1.52. The first kappa shape index (κ1) is 13.0. The van der Waals surface area contributed by atoms with Gasteiger partial charge >= 0.3 is 5.97 Å². The van der Waals surface area contributed by atoms with Crippen LogP contribution in [0.25, 0.3) is 0 Å². The summed E-state index contributed by atoms with van der Waals surface area (Å²) in [5.41, 5.74) is 1.14. The second kappa shape index (κ2) is 5.85. The van der Waals surface area contributed by atoms with Crippen LogP contribution in [0, 0.1) is 18.3 Å². The molecule has 0 saturated heterocycles. The third kappa shape index (κ3) is 3.45. The third-order valence-electron chi connectivity index (χ3n) is 2.33. The molecule has 0 aromatic carbocycles. The molecule has 1 aromatic heterocycles. The number of hydrogen-bond donors (Lipinski definition) is 1. The molecule has 5 heteroatoms. The lowest BCUT2D eigenvalue weighted by Gasteiger charge is -2.21. The standard InChI is InChI=1S/C12H15N3O2/c1-3-6-15(8-12(16)17)11-5-4-9(2)10(7-13)14-11/h4-5H,3,6,8H2,1-2H3,(H,16,17). The van der Waals surface area contributed by atoms with E-state index in [1.54, 1.807) is 24.0 Å². The van der Waals surface area contributed by atoms with Crippen LogP contribution in [0.5, 0.6) is 0 Å². The van der Waals surface area contributed by atoms with Gasteiger partial charge in [-0.1, -0.05) is 13.0 Å². The number of carbonyl (C=O) groups is 1. The van der Waals surface area contributed by atoms with Crippen molar-refractivity contribution in [2.24, 2.45) is 0 Å². The van der Waals surface area contributed by atoms with E-state index in [-0.39, 0.29) is 6.54 Å². The largest absolute Gasteiger partial charge is 0.480 e. The molecule has 5 nitrogen and oxygen atoms in total. The number of aromatic nitrogens is 1. The maximum absolute atomic E-state index is 10.7. The van der Waals surface area contributed by atoms with Crippen molar-refractivity contribution in [1.82, 2.24) is 4.98 Å². The molecule has 1 aromatic rings. The van der Waals surface area contributed by atoms with Crippen molar-refractivity contribution in [3.8, 4) is 6.07 Å². The van der Waals surface area contributed by atoms with Gasteiger partial charge in [0.1, 0.15) is 24.1 Å². The summed E-state index contributed by atoms with van der Waals surface area (Å²) in [7, 11) is 0. The fourth-order valence-electron chi connectivity index (χ4n) is 1.52. The fraction of sp³-hybridized carbons (Fsp3) is 0.417. The Morgan fingerprint density at radius 2 is 2.29 bits per heavy atom. The van der Waals surface area contributed by atoms with E-state index < -0.39 is 5.97 Å². The number of carboxylic acid groups (broad SMARTS) is 1. The molecule has 0 aliphatic heterocycles. The quantitative estimate of drug-likeness (QED) is 0.835. The Labute approximate surface area is 100 Å². The maximum Gasteiger partial charge on any atom is 0.323 e. The molecule has 0 aliphatic carbocycles. The summed E-state index contributed by atoms with van der Waals surface area (Å²) in [4.78, 5) is 16.6. The summed E-state index contributed by atoms with van der Waals surface area (Å²) in [5, 5.41) is 17.7. The minimum Gasteiger partial charge on any atom is -0.480 e. The number of hydrogen-bond acceptors (Lipinski definition) is 4. The Hall–Kier alpha value is -2.09. The van der Waals surface area contributed by atoms with Crippen molar-refractivity contribution in [3.05, 3.63) is 23.4 Å². The van der Waals surface area contributed by atoms with Gasteiger partial charge in [-0.05, 0) is 25.0 Å². The number of aliphatic carboxylic acids is 1. The average Bonchev–Trinajstić information content (AvgIpc) is 2.28. The van der Waals surface area contributed by atoms with Crippen LogP contribution in [0.1, 0.15) is 24.6 Å². The van der Waals surface area contributed by atoms with Crippen LogP contribution in [0.3, 0.4) is 0 Å². The zero-order valence-corrected chi connectivity index (χ0v) is 9.97. The molecule has 1 heterocycles. The van der Waals surface area contributed by atoms with Crippen molar-refractivity contribution in [3.63, 3.8) is 0 Å². The minimum absolute atomic E-state index is 0.102. The highest BCUT2D eigenvalue weighted by Gasteiger charge is 2.12. The third-order valence-corrected chi connectivity index (χ3v) is 2.33. The molecule has 17 heavy (non-hydrogen) atoms. The van der Waals surface area contributed by atoms with Crippen LogP contribution in [-0.4, -0.2) is 29.1 Å². The SMILES string of the molecule is CCCN(CC(=O)O)c1ccc(C)c(C#N)n1. The first-order chi connectivity index (χ1) is 8.08. The molecule has 0 aliphatic rings. The predicted molar refractivity (Wildman–Crippen MR) is 63.8 cm³/mol. The van der Waals surface area contributed by atoms with E-state index >= 15 is 0 Å². The molecule has 1 rings (SSSR count). The molecular weight excluding hydrogens is 218 g/mol. The van der Waals surface area contributed by atoms with E-state index in [2.05, 4.69) is 4.98 Å². The topological polar surface area (TPSA) is 77.2 Å². The number of anilines is 1. The van der Waals surface area contributed by atoms with Crippen molar-refractivity contribution in [2.45, 2.75) is 20.3 Å². The molecule has 0 fully saturated rings. The Kier molecular flexibility index (Phi) is 4.46. The smallest absolute Gasteiger partial charge is 0.323 e. The molecular formula is C12H15N3O2. The summed E-state index contributed by atoms with van der Waals surface area (Å²) in [6.07, 6.45) is 0.824. The number of pyridine rings is 1. The molecule has 0 unspecified atom stereocenters. The lowest BCUT2D eigenvalue weighted by molar-refractivity contribution is -0.135. The van der Waals surface area contributed by atoms with E-state index in [4.69, 9.17) is 10.4 Å². The Morgan fingerprint density at radius 3 is 2.82 bits per heavy atom. The van der Waals surface area contributed by atoms with Gasteiger partial charge in [0.15, 0.2) is 0 Å². The number of carboxylic acids is 1. The Balaban J connectivity index is 3.02. The summed E-state index contributed by atoms with van der Waals surface area (Å²) in [6.45, 7) is 4.27. The van der Waals surface area contributed by atoms with Crippen molar-refractivity contribution >= 4 is 11.8 Å². The normalized spacial score (nSPS) is 9.71. The second-order valence-corrected chi connectivity index (χ2v) is 3.76. The van der Waals surface area contributed by atoms with Crippen LogP contribution in [-0.2, 0) is 4.79 Å². The molecule has 0 amide bonds. The lowest BCUT2D eigenvalue weighted by Crippen LogP contribution is -2.31. The highest BCUT2D eigenvalue weighted by Crippen LogP contribution is 2.14. The Morgan fingerprint density at radius 1 is 1.59 bits per heavy atom.